The van der Waals surface area contributed by atoms with E-state index in [9.17, 15) is 9.18 Å². The summed E-state index contributed by atoms with van der Waals surface area (Å²) in [7, 11) is 0. The third kappa shape index (κ3) is 5.85. The molecule has 0 bridgehead atoms. The van der Waals surface area contributed by atoms with Gasteiger partial charge in [0.05, 0.1) is 28.4 Å². The Morgan fingerprint density at radius 2 is 2.00 bits per heavy atom. The van der Waals surface area contributed by atoms with Crippen molar-refractivity contribution >= 4 is 23.2 Å². The summed E-state index contributed by atoms with van der Waals surface area (Å²) in [6.07, 6.45) is 2.50. The topological polar surface area (TPSA) is 68.2 Å². The summed E-state index contributed by atoms with van der Waals surface area (Å²) in [6, 6.07) is 13.3. The molecule has 1 saturated heterocycles. The molecule has 4 rings (SSSR count). The van der Waals surface area contributed by atoms with Crippen LogP contribution in [0.15, 0.2) is 54.7 Å². The monoisotopic (exact) mass is 498 g/mol. The van der Waals surface area contributed by atoms with Crippen LogP contribution in [0.5, 0.6) is 5.75 Å². The van der Waals surface area contributed by atoms with Gasteiger partial charge in [0.15, 0.2) is 0 Å². The Labute approximate surface area is 210 Å². The van der Waals surface area contributed by atoms with Crippen molar-refractivity contribution < 1.29 is 13.9 Å². The molecule has 0 spiro atoms. The number of ether oxygens (including phenoxy) is 1. The Morgan fingerprint density at radius 1 is 1.23 bits per heavy atom. The van der Waals surface area contributed by atoms with E-state index in [1.165, 1.54) is 6.07 Å². The maximum atomic E-state index is 14.3. The summed E-state index contributed by atoms with van der Waals surface area (Å²) >= 11 is 5.92. The smallest absolute Gasteiger partial charge is 0.241 e. The minimum atomic E-state index is -0.488. The van der Waals surface area contributed by atoms with Crippen LogP contribution in [-0.4, -0.2) is 27.8 Å². The number of hydrogen-bond acceptors (Lipinski definition) is 4. The first-order valence-corrected chi connectivity index (χ1v) is 12.2. The molecule has 3 atom stereocenters. The lowest BCUT2D eigenvalue weighted by Crippen LogP contribution is -2.36. The lowest BCUT2D eigenvalue weighted by molar-refractivity contribution is -0.117. The van der Waals surface area contributed by atoms with Gasteiger partial charge in [-0.25, -0.2) is 4.39 Å². The number of carbonyl (C=O) groups excluding carboxylic acids is 1. The first kappa shape index (κ1) is 25.2. The second-order valence-electron chi connectivity index (χ2n) is 10.3. The molecule has 2 N–H and O–H groups in total. The number of halogens is 2. The van der Waals surface area contributed by atoms with Crippen molar-refractivity contribution in [2.45, 2.75) is 70.7 Å². The van der Waals surface area contributed by atoms with Crippen molar-refractivity contribution in [1.29, 1.82) is 0 Å². The zero-order valence-corrected chi connectivity index (χ0v) is 21.4. The van der Waals surface area contributed by atoms with Gasteiger partial charge in [-0.1, -0.05) is 23.7 Å². The molecule has 1 aliphatic rings. The molecule has 0 aliphatic carbocycles. The van der Waals surface area contributed by atoms with Gasteiger partial charge in [-0.05, 0) is 76.9 Å². The molecular weight excluding hydrogens is 467 g/mol. The molecule has 8 heteroatoms. The van der Waals surface area contributed by atoms with E-state index in [2.05, 4.69) is 31.4 Å². The molecule has 0 saturated carbocycles. The van der Waals surface area contributed by atoms with E-state index in [4.69, 9.17) is 21.4 Å². The number of benzene rings is 2. The Hall–Kier alpha value is -2.90. The van der Waals surface area contributed by atoms with Crippen LogP contribution in [0, 0.1) is 5.82 Å². The lowest BCUT2D eigenvalue weighted by atomic mass is 9.90. The van der Waals surface area contributed by atoms with Gasteiger partial charge in [0.1, 0.15) is 11.6 Å². The molecule has 1 amide bonds. The van der Waals surface area contributed by atoms with Crippen molar-refractivity contribution in [2.75, 3.05) is 5.32 Å². The quantitative estimate of drug-likeness (QED) is 0.434. The molecular formula is C27H32ClFN4O2. The molecule has 1 unspecified atom stereocenters. The molecule has 2 aromatic carbocycles. The van der Waals surface area contributed by atoms with Crippen molar-refractivity contribution in [1.82, 2.24) is 15.1 Å². The van der Waals surface area contributed by atoms with E-state index in [0.29, 0.717) is 17.9 Å². The highest BCUT2D eigenvalue weighted by Gasteiger charge is 2.40. The van der Waals surface area contributed by atoms with E-state index in [-0.39, 0.29) is 34.5 Å². The third-order valence-electron chi connectivity index (χ3n) is 6.04. The van der Waals surface area contributed by atoms with Crippen LogP contribution >= 0.6 is 11.6 Å². The fraction of sp³-hybridized carbons (Fsp3) is 0.407. The Kier molecular flexibility index (Phi) is 7.20. The van der Waals surface area contributed by atoms with Crippen LogP contribution in [0.2, 0.25) is 5.02 Å². The number of aromatic nitrogens is 2. The molecule has 3 aromatic rings. The largest absolute Gasteiger partial charge is 0.491 e. The maximum Gasteiger partial charge on any atom is 0.241 e. The number of nitrogens with zero attached hydrogens (tertiary/aromatic N) is 2. The van der Waals surface area contributed by atoms with Gasteiger partial charge < -0.3 is 10.1 Å². The molecule has 1 aliphatic heterocycles. The van der Waals surface area contributed by atoms with Gasteiger partial charge in [0.25, 0.3) is 0 Å². The van der Waals surface area contributed by atoms with E-state index < -0.39 is 11.9 Å². The van der Waals surface area contributed by atoms with Gasteiger partial charge in [0.2, 0.25) is 5.91 Å². The number of amides is 1. The fourth-order valence-electron chi connectivity index (χ4n) is 4.36. The molecule has 186 valence electrons. The highest BCUT2D eigenvalue weighted by molar-refractivity contribution is 6.30. The number of nitrogens with one attached hydrogen (secondary N) is 2. The van der Waals surface area contributed by atoms with Gasteiger partial charge in [-0.2, -0.15) is 5.10 Å². The summed E-state index contributed by atoms with van der Waals surface area (Å²) in [5, 5.41) is 11.3. The SMILES string of the molecule is CC(C)Oc1cccc(NC(=O)[C@@H]2CC(c3ccn(C(C)(C)C)n3)[C@H](c3ccc(Cl)c(F)c3)N2)c1. The van der Waals surface area contributed by atoms with Crippen LogP contribution in [0.3, 0.4) is 0 Å². The van der Waals surface area contributed by atoms with Crippen molar-refractivity contribution in [3.63, 3.8) is 0 Å². The molecule has 1 aromatic heterocycles. The van der Waals surface area contributed by atoms with Gasteiger partial charge in [0, 0.05) is 29.9 Å². The van der Waals surface area contributed by atoms with E-state index in [1.54, 1.807) is 18.2 Å². The van der Waals surface area contributed by atoms with Crippen LogP contribution in [-0.2, 0) is 10.3 Å². The number of anilines is 1. The summed E-state index contributed by atoms with van der Waals surface area (Å²) in [6.45, 7) is 10.1. The Morgan fingerprint density at radius 3 is 2.66 bits per heavy atom. The average molecular weight is 499 g/mol. The first-order chi connectivity index (χ1) is 16.5. The minimum absolute atomic E-state index is 0.0339. The minimum Gasteiger partial charge on any atom is -0.491 e. The Balaban J connectivity index is 1.59. The zero-order chi connectivity index (χ0) is 25.3. The molecule has 6 nitrogen and oxygen atoms in total. The zero-order valence-electron chi connectivity index (χ0n) is 20.7. The summed E-state index contributed by atoms with van der Waals surface area (Å²) < 4.78 is 22.0. The normalized spacial score (nSPS) is 20.3. The summed E-state index contributed by atoms with van der Waals surface area (Å²) in [5.74, 6) is -0.0773. The predicted octanol–water partition coefficient (Wildman–Crippen LogP) is 6.04. The van der Waals surface area contributed by atoms with Gasteiger partial charge in [-0.3, -0.25) is 14.8 Å². The maximum absolute atomic E-state index is 14.3. The number of rotatable bonds is 6. The van der Waals surface area contributed by atoms with Crippen LogP contribution in [0.4, 0.5) is 10.1 Å². The molecule has 35 heavy (non-hydrogen) atoms. The third-order valence-corrected chi connectivity index (χ3v) is 6.35. The standard InChI is InChI=1S/C27H32ClFN4O2/c1-16(2)35-19-8-6-7-18(14-19)30-26(34)24-15-20(23-11-12-33(32-23)27(3,4)5)25(31-24)17-9-10-21(28)22(29)13-17/h6-14,16,20,24-25,31H,15H2,1-5H3,(H,30,34)/t20?,24-,25-/m0/s1. The molecule has 1 fully saturated rings. The molecule has 0 radical (unpaired) electrons. The molecule has 2 heterocycles. The van der Waals surface area contributed by atoms with Crippen molar-refractivity contribution in [3.05, 3.63) is 76.8 Å². The second-order valence-corrected chi connectivity index (χ2v) is 10.7. The van der Waals surface area contributed by atoms with Gasteiger partial charge in [-0.15, -0.1) is 0 Å². The van der Waals surface area contributed by atoms with Crippen LogP contribution in [0.25, 0.3) is 0 Å². The fourth-order valence-corrected chi connectivity index (χ4v) is 4.48. The van der Waals surface area contributed by atoms with Crippen LogP contribution < -0.4 is 15.4 Å². The van der Waals surface area contributed by atoms with Crippen molar-refractivity contribution in [2.24, 2.45) is 0 Å². The van der Waals surface area contributed by atoms with Crippen molar-refractivity contribution in [3.8, 4) is 5.75 Å². The van der Waals surface area contributed by atoms with E-state index >= 15 is 0 Å². The number of carbonyl (C=O) groups is 1. The highest BCUT2D eigenvalue weighted by Crippen LogP contribution is 2.41. The average Bonchev–Trinajstić information content (AvgIpc) is 3.43. The van der Waals surface area contributed by atoms with E-state index in [1.807, 2.05) is 49.0 Å². The highest BCUT2D eigenvalue weighted by atomic mass is 35.5. The predicted molar refractivity (Wildman–Crippen MR) is 136 cm³/mol. The van der Waals surface area contributed by atoms with Gasteiger partial charge >= 0.3 is 0 Å². The summed E-state index contributed by atoms with van der Waals surface area (Å²) in [5.41, 5.74) is 2.07. The van der Waals surface area contributed by atoms with Crippen LogP contribution in [0.1, 0.15) is 64.3 Å². The lowest BCUT2D eigenvalue weighted by Gasteiger charge is -2.21. The summed E-state index contributed by atoms with van der Waals surface area (Å²) in [4.78, 5) is 13.3. The number of hydrogen-bond donors (Lipinski definition) is 2. The first-order valence-electron chi connectivity index (χ1n) is 11.9. The second kappa shape index (κ2) is 9.99. The Bertz CT molecular complexity index is 1200. The van der Waals surface area contributed by atoms with E-state index in [0.717, 1.165) is 11.3 Å².